The van der Waals surface area contributed by atoms with Crippen molar-refractivity contribution in [1.82, 2.24) is 0 Å². The van der Waals surface area contributed by atoms with E-state index >= 15 is 0 Å². The number of aliphatic hydroxyl groups is 2. The average Bonchev–Trinajstić information content (AvgIpc) is 2.98. The molecule has 26 heavy (non-hydrogen) atoms. The van der Waals surface area contributed by atoms with Crippen LogP contribution in [-0.2, 0) is 32.6 Å². The second kappa shape index (κ2) is 9.47. The minimum absolute atomic E-state index is 0.0912. The van der Waals surface area contributed by atoms with E-state index in [9.17, 15) is 19.7 Å². The lowest BCUT2D eigenvalue weighted by molar-refractivity contribution is -0.0561. The Balaban J connectivity index is 1.94. The van der Waals surface area contributed by atoms with Crippen molar-refractivity contribution in [2.75, 3.05) is 26.9 Å². The summed E-state index contributed by atoms with van der Waals surface area (Å²) in [5.41, 5.74) is 0. The van der Waals surface area contributed by atoms with E-state index in [1.807, 2.05) is 0 Å². The molecule has 0 aromatic heterocycles. The number of hydrogen-bond donors (Lipinski definition) is 3. The Morgan fingerprint density at radius 3 is 2.12 bits per heavy atom. The predicted octanol–water partition coefficient (Wildman–Crippen LogP) is -3.02. The fourth-order valence-electron chi connectivity index (χ4n) is 3.15. The van der Waals surface area contributed by atoms with Crippen molar-refractivity contribution < 1.29 is 47.7 Å². The van der Waals surface area contributed by atoms with Gasteiger partial charge in [0, 0.05) is 13.7 Å². The van der Waals surface area contributed by atoms with Gasteiger partial charge in [-0.3, -0.25) is 9.05 Å². The van der Waals surface area contributed by atoms with Crippen molar-refractivity contribution in [3.63, 3.8) is 0 Å². The van der Waals surface area contributed by atoms with Crippen LogP contribution in [0.15, 0.2) is 0 Å². The number of methoxy groups -OCH3 is 1. The Bertz CT molecular complexity index is 500. The summed E-state index contributed by atoms with van der Waals surface area (Å²) in [4.78, 5) is 10.0. The molecule has 0 aliphatic carbocycles. The van der Waals surface area contributed by atoms with Crippen LogP contribution in [0.5, 0.6) is 0 Å². The van der Waals surface area contributed by atoms with Gasteiger partial charge in [0.15, 0.2) is 0 Å². The molecule has 9 atom stereocenters. The number of rotatable bonds is 9. The highest BCUT2D eigenvalue weighted by molar-refractivity contribution is 7.47. The number of aliphatic hydroxyl groups excluding tert-OH is 2. The highest BCUT2D eigenvalue weighted by Gasteiger charge is 2.47. The highest BCUT2D eigenvalue weighted by atomic mass is 31.2. The van der Waals surface area contributed by atoms with Crippen molar-refractivity contribution in [3.8, 4) is 0 Å². The Hall–Kier alpha value is -0.000130. The van der Waals surface area contributed by atoms with Gasteiger partial charge in [-0.1, -0.05) is 0 Å². The molecular formula is C13H27B2O10P. The van der Waals surface area contributed by atoms with Gasteiger partial charge in [-0.15, -0.1) is 0 Å². The van der Waals surface area contributed by atoms with Crippen molar-refractivity contribution in [2.45, 2.75) is 55.6 Å². The molecule has 2 aliphatic heterocycles. The monoisotopic (exact) mass is 396 g/mol. The van der Waals surface area contributed by atoms with Gasteiger partial charge in [-0.2, -0.15) is 0 Å². The van der Waals surface area contributed by atoms with E-state index in [-0.39, 0.29) is 13.2 Å². The number of ether oxygens (including phenoxy) is 4. The summed E-state index contributed by atoms with van der Waals surface area (Å²) >= 11 is 0. The van der Waals surface area contributed by atoms with Crippen molar-refractivity contribution >= 4 is 23.5 Å². The van der Waals surface area contributed by atoms with Crippen molar-refractivity contribution in [3.05, 3.63) is 0 Å². The number of phosphoric ester groups is 1. The quantitative estimate of drug-likeness (QED) is 0.273. The third kappa shape index (κ3) is 5.29. The van der Waals surface area contributed by atoms with E-state index in [4.69, 9.17) is 28.0 Å². The Labute approximate surface area is 154 Å². The summed E-state index contributed by atoms with van der Waals surface area (Å²) in [6.07, 6.45) is -5.12. The summed E-state index contributed by atoms with van der Waals surface area (Å²) in [6.45, 7) is 1.90. The lowest BCUT2D eigenvalue weighted by atomic mass is 9.93. The Morgan fingerprint density at radius 2 is 1.58 bits per heavy atom. The molecule has 0 saturated carbocycles. The molecule has 2 rings (SSSR count). The van der Waals surface area contributed by atoms with Gasteiger partial charge in [-0.25, -0.2) is 4.57 Å². The highest BCUT2D eigenvalue weighted by Crippen LogP contribution is 2.47. The molecule has 13 heteroatoms. The van der Waals surface area contributed by atoms with Crippen LogP contribution in [0.3, 0.4) is 0 Å². The minimum Gasteiger partial charge on any atom is -0.388 e. The normalized spacial score (nSPS) is 42.8. The summed E-state index contributed by atoms with van der Waals surface area (Å²) in [5.74, 6) is 0. The summed E-state index contributed by atoms with van der Waals surface area (Å²) in [5, 5.41) is 20.2. The molecule has 2 saturated heterocycles. The van der Waals surface area contributed by atoms with E-state index in [1.54, 1.807) is 22.6 Å². The van der Waals surface area contributed by atoms with Gasteiger partial charge in [0.1, 0.15) is 52.3 Å². The van der Waals surface area contributed by atoms with Crippen LogP contribution >= 0.6 is 7.82 Å². The number of hydrogen-bond acceptors (Lipinski definition) is 9. The first-order valence-corrected chi connectivity index (χ1v) is 10.1. The second-order valence-corrected chi connectivity index (χ2v) is 7.86. The molecule has 3 N–H and O–H groups in total. The first-order chi connectivity index (χ1) is 12.2. The molecule has 150 valence electrons. The molecule has 0 amide bonds. The molecule has 0 spiro atoms. The molecule has 10 nitrogen and oxygen atoms in total. The van der Waals surface area contributed by atoms with Gasteiger partial charge in [0.25, 0.3) is 0 Å². The van der Waals surface area contributed by atoms with E-state index < -0.39 is 56.5 Å². The van der Waals surface area contributed by atoms with Crippen LogP contribution in [0.2, 0.25) is 0 Å². The fraction of sp³-hybridized carbons (Fsp3) is 1.00. The smallest absolute Gasteiger partial charge is 0.388 e. The van der Waals surface area contributed by atoms with Crippen LogP contribution in [-0.4, -0.2) is 106 Å². The van der Waals surface area contributed by atoms with Crippen LogP contribution in [0, 0.1) is 0 Å². The third-order valence-corrected chi connectivity index (χ3v) is 5.48. The summed E-state index contributed by atoms with van der Waals surface area (Å²) < 4.78 is 43.9. The third-order valence-electron chi connectivity index (χ3n) is 4.49. The van der Waals surface area contributed by atoms with Gasteiger partial charge in [0.2, 0.25) is 0 Å². The molecule has 0 radical (unpaired) electrons. The van der Waals surface area contributed by atoms with Gasteiger partial charge in [0.05, 0.1) is 25.2 Å². The lowest BCUT2D eigenvalue weighted by Crippen LogP contribution is -2.38. The molecule has 3 unspecified atom stereocenters. The molecule has 0 bridgehead atoms. The lowest BCUT2D eigenvalue weighted by Gasteiger charge is -2.25. The molecule has 2 heterocycles. The van der Waals surface area contributed by atoms with Gasteiger partial charge >= 0.3 is 7.82 Å². The Kier molecular flexibility index (Phi) is 8.12. The predicted molar refractivity (Wildman–Crippen MR) is 94.4 cm³/mol. The van der Waals surface area contributed by atoms with Crippen LogP contribution in [0.1, 0.15) is 6.92 Å². The summed E-state index contributed by atoms with van der Waals surface area (Å²) in [6, 6.07) is -1.06. The van der Waals surface area contributed by atoms with Crippen molar-refractivity contribution in [1.29, 1.82) is 0 Å². The largest absolute Gasteiger partial charge is 0.472 e. The number of phosphoric acid groups is 1. The van der Waals surface area contributed by atoms with Crippen molar-refractivity contribution in [2.24, 2.45) is 0 Å². The molecule has 2 aliphatic rings. The molecule has 0 aromatic rings. The maximum absolute atomic E-state index is 12.3. The topological polar surface area (TPSA) is 133 Å². The minimum atomic E-state index is -4.52. The first kappa shape index (κ1) is 22.3. The zero-order valence-corrected chi connectivity index (χ0v) is 16.3. The molecule has 0 aromatic carbocycles. The maximum Gasteiger partial charge on any atom is 0.472 e. The molecule has 2 fully saturated rings. The van der Waals surface area contributed by atoms with Gasteiger partial charge < -0.3 is 34.1 Å². The van der Waals surface area contributed by atoms with Crippen LogP contribution in [0.25, 0.3) is 0 Å². The Morgan fingerprint density at radius 1 is 1.04 bits per heavy atom. The summed E-state index contributed by atoms with van der Waals surface area (Å²) in [7, 11) is 0.232. The van der Waals surface area contributed by atoms with Crippen LogP contribution in [0.4, 0.5) is 0 Å². The average molecular weight is 396 g/mol. The zero-order valence-electron chi connectivity index (χ0n) is 15.4. The van der Waals surface area contributed by atoms with E-state index in [2.05, 4.69) is 0 Å². The van der Waals surface area contributed by atoms with Gasteiger partial charge in [-0.05, 0) is 6.92 Å². The van der Waals surface area contributed by atoms with E-state index in [0.717, 1.165) is 0 Å². The second-order valence-electron chi connectivity index (χ2n) is 6.45. The zero-order chi connectivity index (χ0) is 19.5. The standard InChI is InChI=1S/C13H27B2O10P/c1-3-21-10-7(24-12(14)8(10)16)5-22-26(18,19)25-11-6(4-20-2)23-13(15)9(11)17/h6-13,16-17H,3-5,14-15H2,1-2H3,(H,18,19)/t6-,7-,8?,9?,10+,11+,12-,13-/m1/s1. The molecular weight excluding hydrogens is 369 g/mol. The van der Waals surface area contributed by atoms with E-state index in [0.29, 0.717) is 6.61 Å². The maximum atomic E-state index is 12.3. The first-order valence-electron chi connectivity index (χ1n) is 8.63. The van der Waals surface area contributed by atoms with Crippen LogP contribution < -0.4 is 0 Å². The fourth-order valence-corrected chi connectivity index (χ4v) is 4.12. The van der Waals surface area contributed by atoms with E-state index in [1.165, 1.54) is 7.11 Å². The SMILES string of the molecule is B[C@@H]1O[C@H](COP(=O)(O)O[C@@H]2C(O)[C@H](B)O[C@@H]2COC)[C@H](OCC)C1O.